The van der Waals surface area contributed by atoms with Crippen LogP contribution in [0.4, 0.5) is 4.79 Å². The lowest BCUT2D eigenvalue weighted by atomic mass is 9.97. The summed E-state index contributed by atoms with van der Waals surface area (Å²) in [5.74, 6) is -0.990. The smallest absolute Gasteiger partial charge is 0.329 e. The summed E-state index contributed by atoms with van der Waals surface area (Å²) in [4.78, 5) is 26.8. The highest BCUT2D eigenvalue weighted by Crippen LogP contribution is 2.25. The minimum Gasteiger partial charge on any atom is -0.480 e. The van der Waals surface area contributed by atoms with Gasteiger partial charge in [-0.1, -0.05) is 0 Å². The van der Waals surface area contributed by atoms with Crippen molar-refractivity contribution in [2.24, 2.45) is 0 Å². The Bertz CT molecular complexity index is 331. The standard InChI is InChI=1S/C13H24N2O3/c1-9-7-6-8-10(2)15(9)12(18)14(5)13(3,4)11(16)17/h9-10H,6-8H2,1-5H3,(H,16,17)/t9-,10+. The molecule has 1 N–H and O–H groups in total. The average Bonchev–Trinajstić information content (AvgIpc) is 2.27. The third kappa shape index (κ3) is 2.60. The van der Waals surface area contributed by atoms with Gasteiger partial charge in [0.15, 0.2) is 0 Å². The number of likely N-dealkylation sites (tertiary alicyclic amines) is 1. The number of urea groups is 1. The van der Waals surface area contributed by atoms with Gasteiger partial charge in [-0.05, 0) is 47.0 Å². The molecule has 0 aromatic rings. The van der Waals surface area contributed by atoms with Crippen molar-refractivity contribution in [2.45, 2.75) is 64.6 Å². The van der Waals surface area contributed by atoms with Crippen molar-refractivity contribution >= 4 is 12.0 Å². The number of hydrogen-bond acceptors (Lipinski definition) is 2. The fourth-order valence-corrected chi connectivity index (χ4v) is 2.35. The van der Waals surface area contributed by atoms with Gasteiger partial charge >= 0.3 is 12.0 Å². The number of carboxylic acids is 1. The quantitative estimate of drug-likeness (QED) is 0.823. The highest BCUT2D eigenvalue weighted by Gasteiger charge is 2.40. The Labute approximate surface area is 109 Å². The summed E-state index contributed by atoms with van der Waals surface area (Å²) >= 11 is 0. The van der Waals surface area contributed by atoms with E-state index in [4.69, 9.17) is 0 Å². The molecule has 0 aromatic carbocycles. The fourth-order valence-electron chi connectivity index (χ4n) is 2.35. The van der Waals surface area contributed by atoms with Crippen LogP contribution in [-0.2, 0) is 4.79 Å². The van der Waals surface area contributed by atoms with E-state index in [9.17, 15) is 14.7 Å². The maximum Gasteiger partial charge on any atom is 0.329 e. The highest BCUT2D eigenvalue weighted by molar-refractivity contribution is 5.85. The van der Waals surface area contributed by atoms with E-state index in [-0.39, 0.29) is 18.1 Å². The molecule has 0 unspecified atom stereocenters. The molecule has 0 radical (unpaired) electrons. The van der Waals surface area contributed by atoms with Gasteiger partial charge < -0.3 is 14.9 Å². The number of rotatable bonds is 2. The molecule has 1 fully saturated rings. The number of aliphatic carboxylic acids is 1. The Morgan fingerprint density at radius 3 is 2.06 bits per heavy atom. The van der Waals surface area contributed by atoms with Crippen LogP contribution in [0.1, 0.15) is 47.0 Å². The van der Waals surface area contributed by atoms with Gasteiger partial charge in [-0.2, -0.15) is 0 Å². The molecular formula is C13H24N2O3. The van der Waals surface area contributed by atoms with Gasteiger partial charge in [-0.25, -0.2) is 9.59 Å². The number of carbonyl (C=O) groups excluding carboxylic acids is 1. The summed E-state index contributed by atoms with van der Waals surface area (Å²) in [6.45, 7) is 7.14. The molecule has 1 aliphatic heterocycles. The first-order chi connectivity index (χ1) is 8.19. The minimum absolute atomic E-state index is 0.174. The van der Waals surface area contributed by atoms with Crippen molar-refractivity contribution in [1.82, 2.24) is 9.80 Å². The summed E-state index contributed by atoms with van der Waals surface area (Å²) in [7, 11) is 1.56. The van der Waals surface area contributed by atoms with Crippen LogP contribution in [0.2, 0.25) is 0 Å². The lowest BCUT2D eigenvalue weighted by Gasteiger charge is -2.43. The number of carboxylic acid groups (broad SMARTS) is 1. The molecule has 1 aliphatic rings. The molecule has 2 amide bonds. The first-order valence-electron chi connectivity index (χ1n) is 6.49. The zero-order valence-corrected chi connectivity index (χ0v) is 11.9. The van der Waals surface area contributed by atoms with Gasteiger partial charge in [0.2, 0.25) is 0 Å². The number of hydrogen-bond donors (Lipinski definition) is 1. The van der Waals surface area contributed by atoms with E-state index in [1.165, 1.54) is 4.90 Å². The Hall–Kier alpha value is -1.26. The van der Waals surface area contributed by atoms with Crippen molar-refractivity contribution in [3.63, 3.8) is 0 Å². The number of amides is 2. The Morgan fingerprint density at radius 1 is 1.22 bits per heavy atom. The van der Waals surface area contributed by atoms with Crippen LogP contribution in [0.15, 0.2) is 0 Å². The summed E-state index contributed by atoms with van der Waals surface area (Å²) < 4.78 is 0. The third-order valence-electron chi connectivity index (χ3n) is 4.06. The number of piperidine rings is 1. The zero-order chi connectivity index (χ0) is 14.1. The van der Waals surface area contributed by atoms with Crippen LogP contribution in [0.3, 0.4) is 0 Å². The normalized spacial score (nSPS) is 24.8. The molecule has 2 atom stereocenters. The summed E-state index contributed by atoms with van der Waals surface area (Å²) in [6, 6.07) is 0.156. The van der Waals surface area contributed by atoms with E-state index in [0.29, 0.717) is 0 Å². The second kappa shape index (κ2) is 5.16. The largest absolute Gasteiger partial charge is 0.480 e. The number of nitrogens with zero attached hydrogens (tertiary/aromatic N) is 2. The maximum absolute atomic E-state index is 12.5. The molecule has 18 heavy (non-hydrogen) atoms. The van der Waals surface area contributed by atoms with Crippen molar-refractivity contribution in [3.8, 4) is 0 Å². The van der Waals surface area contributed by atoms with Gasteiger partial charge in [0.1, 0.15) is 5.54 Å². The van der Waals surface area contributed by atoms with Crippen LogP contribution < -0.4 is 0 Å². The fraction of sp³-hybridized carbons (Fsp3) is 0.846. The van der Waals surface area contributed by atoms with Gasteiger partial charge in [0, 0.05) is 19.1 Å². The van der Waals surface area contributed by atoms with Crippen molar-refractivity contribution < 1.29 is 14.7 Å². The zero-order valence-electron chi connectivity index (χ0n) is 11.9. The Balaban J connectivity index is 2.89. The maximum atomic E-state index is 12.5. The van der Waals surface area contributed by atoms with E-state index < -0.39 is 11.5 Å². The van der Waals surface area contributed by atoms with E-state index in [0.717, 1.165) is 19.3 Å². The molecule has 104 valence electrons. The SMILES string of the molecule is C[C@@H]1CCC[C@H](C)N1C(=O)N(C)C(C)(C)C(=O)O. The second-order valence-electron chi connectivity index (χ2n) is 5.74. The van der Waals surface area contributed by atoms with Crippen molar-refractivity contribution in [1.29, 1.82) is 0 Å². The molecule has 0 bridgehead atoms. The summed E-state index contributed by atoms with van der Waals surface area (Å²) in [5.41, 5.74) is -1.19. The molecule has 5 nitrogen and oxygen atoms in total. The molecular weight excluding hydrogens is 232 g/mol. The van der Waals surface area contributed by atoms with Crippen LogP contribution in [0, 0.1) is 0 Å². The molecule has 0 aromatic heterocycles. The summed E-state index contributed by atoms with van der Waals surface area (Å²) in [6.07, 6.45) is 3.09. The predicted octanol–water partition coefficient (Wildman–Crippen LogP) is 2.16. The highest BCUT2D eigenvalue weighted by atomic mass is 16.4. The molecule has 1 heterocycles. The minimum atomic E-state index is -1.19. The average molecular weight is 256 g/mol. The van der Waals surface area contributed by atoms with E-state index in [1.807, 2.05) is 18.7 Å². The number of carbonyl (C=O) groups is 2. The summed E-state index contributed by atoms with van der Waals surface area (Å²) in [5, 5.41) is 9.18. The van der Waals surface area contributed by atoms with Crippen LogP contribution in [0.25, 0.3) is 0 Å². The molecule has 0 aliphatic carbocycles. The molecule has 0 spiro atoms. The van der Waals surface area contributed by atoms with Crippen LogP contribution in [-0.4, -0.2) is 51.6 Å². The topological polar surface area (TPSA) is 60.9 Å². The predicted molar refractivity (Wildman–Crippen MR) is 69.5 cm³/mol. The Kier molecular flexibility index (Phi) is 4.24. The number of likely N-dealkylation sites (N-methyl/N-ethyl adjacent to an activating group) is 1. The second-order valence-corrected chi connectivity index (χ2v) is 5.74. The van der Waals surface area contributed by atoms with Crippen molar-refractivity contribution in [3.05, 3.63) is 0 Å². The lowest BCUT2D eigenvalue weighted by Crippen LogP contribution is -2.59. The van der Waals surface area contributed by atoms with E-state index >= 15 is 0 Å². The van der Waals surface area contributed by atoms with Crippen LogP contribution >= 0.6 is 0 Å². The van der Waals surface area contributed by atoms with Gasteiger partial charge in [0.25, 0.3) is 0 Å². The third-order valence-corrected chi connectivity index (χ3v) is 4.06. The van der Waals surface area contributed by atoms with Gasteiger partial charge in [0.05, 0.1) is 0 Å². The Morgan fingerprint density at radius 2 is 1.67 bits per heavy atom. The molecule has 1 rings (SSSR count). The first-order valence-corrected chi connectivity index (χ1v) is 6.49. The molecule has 0 saturated carbocycles. The molecule has 1 saturated heterocycles. The van der Waals surface area contributed by atoms with Crippen LogP contribution in [0.5, 0.6) is 0 Å². The van der Waals surface area contributed by atoms with E-state index in [1.54, 1.807) is 20.9 Å². The molecule has 5 heteroatoms. The van der Waals surface area contributed by atoms with Gasteiger partial charge in [-0.3, -0.25) is 0 Å². The monoisotopic (exact) mass is 256 g/mol. The van der Waals surface area contributed by atoms with Gasteiger partial charge in [-0.15, -0.1) is 0 Å². The first kappa shape index (κ1) is 14.8. The lowest BCUT2D eigenvalue weighted by molar-refractivity contribution is -0.147. The van der Waals surface area contributed by atoms with E-state index in [2.05, 4.69) is 0 Å². The van der Waals surface area contributed by atoms with Crippen molar-refractivity contribution in [2.75, 3.05) is 7.05 Å².